The maximum Gasteiger partial charge on any atom is 0.250 e. The lowest BCUT2D eigenvalue weighted by Crippen LogP contribution is -2.43. The second kappa shape index (κ2) is 4.57. The summed E-state index contributed by atoms with van der Waals surface area (Å²) < 4.78 is 6.09. The molecule has 94 valence electrons. The average Bonchev–Trinajstić information content (AvgIpc) is 2.15. The van der Waals surface area contributed by atoms with Gasteiger partial charge in [-0.25, -0.2) is 0 Å². The van der Waals surface area contributed by atoms with Gasteiger partial charge in [0.25, 0.3) is 0 Å². The van der Waals surface area contributed by atoms with Gasteiger partial charge in [-0.05, 0) is 30.3 Å². The molecule has 0 aliphatic heterocycles. The highest BCUT2D eigenvalue weighted by atomic mass is 28.4. The van der Waals surface area contributed by atoms with Crippen LogP contribution in [0.15, 0.2) is 24.8 Å². The SMILES string of the molecule is C=Cc1ccc(O[Si](C)(C)C(C)(C)C)cc1O. The fourth-order valence-corrected chi connectivity index (χ4v) is 2.23. The Morgan fingerprint density at radius 3 is 2.29 bits per heavy atom. The summed E-state index contributed by atoms with van der Waals surface area (Å²) in [6, 6.07) is 5.37. The van der Waals surface area contributed by atoms with Crippen LogP contribution in [0.3, 0.4) is 0 Å². The summed E-state index contributed by atoms with van der Waals surface area (Å²) in [7, 11) is -1.83. The summed E-state index contributed by atoms with van der Waals surface area (Å²) in [5.41, 5.74) is 0.729. The van der Waals surface area contributed by atoms with Crippen molar-refractivity contribution in [2.75, 3.05) is 0 Å². The van der Waals surface area contributed by atoms with E-state index >= 15 is 0 Å². The summed E-state index contributed by atoms with van der Waals surface area (Å²) in [5.74, 6) is 0.955. The standard InChI is InChI=1S/C14H22O2Si/c1-7-11-8-9-12(10-13(11)15)16-17(5,6)14(2,3)4/h7-10,15H,1H2,2-6H3. The van der Waals surface area contributed by atoms with Crippen LogP contribution in [0.1, 0.15) is 26.3 Å². The molecule has 0 unspecified atom stereocenters. The number of phenols is 1. The molecule has 0 aliphatic carbocycles. The fraction of sp³-hybridized carbons (Fsp3) is 0.429. The summed E-state index contributed by atoms with van der Waals surface area (Å²) >= 11 is 0. The molecule has 0 heterocycles. The van der Waals surface area contributed by atoms with Gasteiger partial charge in [-0.1, -0.05) is 33.4 Å². The molecule has 0 radical (unpaired) electrons. The topological polar surface area (TPSA) is 29.5 Å². The Morgan fingerprint density at radius 1 is 1.29 bits per heavy atom. The zero-order chi connectivity index (χ0) is 13.3. The molecular formula is C14H22O2Si. The van der Waals surface area contributed by atoms with Crippen molar-refractivity contribution in [2.45, 2.75) is 38.9 Å². The van der Waals surface area contributed by atoms with Gasteiger partial charge in [0.2, 0.25) is 8.32 Å². The lowest BCUT2D eigenvalue weighted by atomic mass is 10.2. The van der Waals surface area contributed by atoms with Crippen molar-refractivity contribution in [1.82, 2.24) is 0 Å². The molecule has 0 spiro atoms. The number of phenolic OH excluding ortho intramolecular Hbond substituents is 1. The molecule has 2 nitrogen and oxygen atoms in total. The quantitative estimate of drug-likeness (QED) is 0.805. The van der Waals surface area contributed by atoms with Gasteiger partial charge in [-0.15, -0.1) is 0 Å². The van der Waals surface area contributed by atoms with E-state index in [1.165, 1.54) is 0 Å². The van der Waals surface area contributed by atoms with Crippen molar-refractivity contribution in [2.24, 2.45) is 0 Å². The molecule has 0 aromatic heterocycles. The smallest absolute Gasteiger partial charge is 0.250 e. The molecular weight excluding hydrogens is 228 g/mol. The van der Waals surface area contributed by atoms with Crippen LogP contribution in [0.2, 0.25) is 18.1 Å². The molecule has 1 N–H and O–H groups in total. The van der Waals surface area contributed by atoms with Gasteiger partial charge in [0, 0.05) is 11.6 Å². The third-order valence-corrected chi connectivity index (χ3v) is 7.76. The van der Waals surface area contributed by atoms with Crippen LogP contribution in [0.5, 0.6) is 11.5 Å². The lowest BCUT2D eigenvalue weighted by Gasteiger charge is -2.36. The Balaban J connectivity index is 2.97. The van der Waals surface area contributed by atoms with Gasteiger partial charge in [-0.3, -0.25) is 0 Å². The van der Waals surface area contributed by atoms with Crippen LogP contribution in [0.4, 0.5) is 0 Å². The fourth-order valence-electron chi connectivity index (χ4n) is 1.21. The van der Waals surface area contributed by atoms with Gasteiger partial charge in [0.1, 0.15) is 11.5 Å². The highest BCUT2D eigenvalue weighted by Crippen LogP contribution is 2.38. The summed E-state index contributed by atoms with van der Waals surface area (Å²) in [6.07, 6.45) is 1.63. The second-order valence-electron chi connectivity index (χ2n) is 5.79. The predicted octanol–water partition coefficient (Wildman–Crippen LogP) is 4.42. The molecule has 1 aromatic carbocycles. The summed E-state index contributed by atoms with van der Waals surface area (Å²) in [6.45, 7) is 14.6. The van der Waals surface area contributed by atoms with E-state index < -0.39 is 8.32 Å². The van der Waals surface area contributed by atoms with Crippen LogP contribution in [0, 0.1) is 0 Å². The molecule has 0 saturated heterocycles. The first kappa shape index (κ1) is 13.8. The van der Waals surface area contributed by atoms with Crippen LogP contribution in [-0.2, 0) is 0 Å². The van der Waals surface area contributed by atoms with Crippen LogP contribution in [-0.4, -0.2) is 13.4 Å². The van der Waals surface area contributed by atoms with Gasteiger partial charge in [0.05, 0.1) is 0 Å². The maximum atomic E-state index is 9.76. The summed E-state index contributed by atoms with van der Waals surface area (Å²) in [5, 5.41) is 9.91. The van der Waals surface area contributed by atoms with E-state index in [9.17, 15) is 5.11 Å². The molecule has 0 bridgehead atoms. The van der Waals surface area contributed by atoms with E-state index in [2.05, 4.69) is 40.4 Å². The minimum atomic E-state index is -1.83. The molecule has 1 aromatic rings. The predicted molar refractivity (Wildman–Crippen MR) is 76.0 cm³/mol. The van der Waals surface area contributed by atoms with E-state index in [1.807, 2.05) is 12.1 Å². The lowest BCUT2D eigenvalue weighted by molar-refractivity contribution is 0.460. The van der Waals surface area contributed by atoms with E-state index in [4.69, 9.17) is 4.43 Å². The van der Waals surface area contributed by atoms with E-state index in [1.54, 1.807) is 12.1 Å². The molecule has 0 amide bonds. The van der Waals surface area contributed by atoms with Crippen LogP contribution >= 0.6 is 0 Å². The van der Waals surface area contributed by atoms with Crippen LogP contribution in [0.25, 0.3) is 6.08 Å². The first-order valence-corrected chi connectivity index (χ1v) is 8.73. The average molecular weight is 250 g/mol. The van der Waals surface area contributed by atoms with Gasteiger partial charge < -0.3 is 9.53 Å². The maximum absolute atomic E-state index is 9.76. The highest BCUT2D eigenvalue weighted by Gasteiger charge is 2.38. The molecule has 0 atom stereocenters. The van der Waals surface area contributed by atoms with Crippen molar-refractivity contribution in [3.63, 3.8) is 0 Å². The number of aromatic hydroxyl groups is 1. The van der Waals surface area contributed by atoms with E-state index in [0.717, 1.165) is 11.3 Å². The Hall–Kier alpha value is -1.22. The van der Waals surface area contributed by atoms with Crippen molar-refractivity contribution in [3.8, 4) is 11.5 Å². The molecule has 0 saturated carbocycles. The zero-order valence-electron chi connectivity index (χ0n) is 11.4. The minimum absolute atomic E-state index is 0.153. The largest absolute Gasteiger partial charge is 0.543 e. The number of benzene rings is 1. The molecule has 0 fully saturated rings. The Kier molecular flexibility index (Phi) is 3.72. The first-order chi connectivity index (χ1) is 7.67. The van der Waals surface area contributed by atoms with Gasteiger partial charge in [-0.2, -0.15) is 0 Å². The molecule has 17 heavy (non-hydrogen) atoms. The van der Waals surface area contributed by atoms with Gasteiger partial charge >= 0.3 is 0 Å². The Morgan fingerprint density at radius 2 is 1.88 bits per heavy atom. The number of rotatable bonds is 3. The molecule has 3 heteroatoms. The van der Waals surface area contributed by atoms with Crippen molar-refractivity contribution in [1.29, 1.82) is 0 Å². The summed E-state index contributed by atoms with van der Waals surface area (Å²) in [4.78, 5) is 0. The third kappa shape index (κ3) is 3.13. The second-order valence-corrected chi connectivity index (χ2v) is 10.5. The highest BCUT2D eigenvalue weighted by molar-refractivity contribution is 6.74. The zero-order valence-corrected chi connectivity index (χ0v) is 12.4. The Bertz CT molecular complexity index is 417. The normalized spacial score (nSPS) is 12.3. The van der Waals surface area contributed by atoms with Gasteiger partial charge in [0.15, 0.2) is 0 Å². The van der Waals surface area contributed by atoms with E-state index in [-0.39, 0.29) is 10.8 Å². The number of hydrogen-bond donors (Lipinski definition) is 1. The van der Waals surface area contributed by atoms with Crippen molar-refractivity contribution < 1.29 is 9.53 Å². The minimum Gasteiger partial charge on any atom is -0.543 e. The molecule has 0 aliphatic rings. The van der Waals surface area contributed by atoms with Crippen LogP contribution < -0.4 is 4.43 Å². The third-order valence-electron chi connectivity index (χ3n) is 3.40. The van der Waals surface area contributed by atoms with Crippen molar-refractivity contribution >= 4 is 14.4 Å². The van der Waals surface area contributed by atoms with E-state index in [0.29, 0.717) is 0 Å². The molecule has 1 rings (SSSR count). The first-order valence-electron chi connectivity index (χ1n) is 5.82. The Labute approximate surface area is 105 Å². The monoisotopic (exact) mass is 250 g/mol. The van der Waals surface area contributed by atoms with Crippen molar-refractivity contribution in [3.05, 3.63) is 30.3 Å². The number of hydrogen-bond acceptors (Lipinski definition) is 2.